The van der Waals surface area contributed by atoms with Crippen molar-refractivity contribution in [1.82, 2.24) is 0 Å². The molecule has 0 radical (unpaired) electrons. The molecule has 2 rings (SSSR count). The molecule has 0 amide bonds. The average Bonchev–Trinajstić information content (AvgIpc) is 2.72. The zero-order chi connectivity index (χ0) is 13.1. The molecular weight excluding hydrogens is 240 g/mol. The van der Waals surface area contributed by atoms with E-state index in [1.807, 2.05) is 6.07 Å². The minimum Gasteiger partial charge on any atom is -0.389 e. The van der Waals surface area contributed by atoms with Crippen LogP contribution in [0, 0.1) is 18.8 Å². The number of hydrogen-bond acceptors (Lipinski definition) is 2. The van der Waals surface area contributed by atoms with Gasteiger partial charge in [0.25, 0.3) is 0 Å². The van der Waals surface area contributed by atoms with Gasteiger partial charge in [-0.3, -0.25) is 0 Å². The lowest BCUT2D eigenvalue weighted by Gasteiger charge is -2.17. The lowest BCUT2D eigenvalue weighted by molar-refractivity contribution is 0.439. The Balaban J connectivity index is 1.98. The van der Waals surface area contributed by atoms with E-state index in [9.17, 15) is 0 Å². The van der Waals surface area contributed by atoms with E-state index in [1.165, 1.54) is 24.9 Å². The Labute approximate surface area is 115 Å². The monoisotopic (exact) mass is 262 g/mol. The van der Waals surface area contributed by atoms with Crippen LogP contribution < -0.4 is 11.1 Å². The highest BCUT2D eigenvalue weighted by Gasteiger charge is 2.22. The zero-order valence-corrected chi connectivity index (χ0v) is 12.0. The highest BCUT2D eigenvalue weighted by molar-refractivity contribution is 7.80. The van der Waals surface area contributed by atoms with E-state index in [0.717, 1.165) is 29.5 Å². The first-order valence-electron chi connectivity index (χ1n) is 6.72. The molecular formula is C15H22N2S. The van der Waals surface area contributed by atoms with Crippen LogP contribution in [-0.4, -0.2) is 11.5 Å². The molecule has 98 valence electrons. The lowest BCUT2D eigenvalue weighted by Crippen LogP contribution is -2.17. The van der Waals surface area contributed by atoms with Crippen molar-refractivity contribution in [2.24, 2.45) is 17.6 Å². The number of nitrogens with one attached hydrogen (secondary N) is 1. The van der Waals surface area contributed by atoms with Gasteiger partial charge in [0.05, 0.1) is 0 Å². The van der Waals surface area contributed by atoms with Crippen LogP contribution in [0.3, 0.4) is 0 Å². The van der Waals surface area contributed by atoms with E-state index >= 15 is 0 Å². The molecule has 0 spiro atoms. The van der Waals surface area contributed by atoms with Crippen molar-refractivity contribution >= 4 is 22.9 Å². The normalized spacial score (nSPS) is 23.0. The third-order valence-corrected chi connectivity index (χ3v) is 4.32. The fourth-order valence-electron chi connectivity index (χ4n) is 2.82. The maximum atomic E-state index is 5.67. The quantitative estimate of drug-likeness (QED) is 0.816. The van der Waals surface area contributed by atoms with E-state index in [0.29, 0.717) is 4.99 Å². The molecule has 0 heterocycles. The van der Waals surface area contributed by atoms with Crippen LogP contribution in [0.25, 0.3) is 0 Å². The Bertz CT molecular complexity index is 442. The number of aryl methyl sites for hydroxylation is 1. The first-order chi connectivity index (χ1) is 8.58. The Morgan fingerprint density at radius 2 is 2.22 bits per heavy atom. The van der Waals surface area contributed by atoms with Gasteiger partial charge in [0.15, 0.2) is 0 Å². The number of hydrogen-bond donors (Lipinski definition) is 2. The van der Waals surface area contributed by atoms with E-state index < -0.39 is 0 Å². The highest BCUT2D eigenvalue weighted by Crippen LogP contribution is 2.31. The van der Waals surface area contributed by atoms with Gasteiger partial charge in [-0.15, -0.1) is 0 Å². The molecule has 3 N–H and O–H groups in total. The molecule has 0 aliphatic heterocycles. The first-order valence-corrected chi connectivity index (χ1v) is 7.13. The van der Waals surface area contributed by atoms with Crippen LogP contribution in [0.4, 0.5) is 5.69 Å². The molecule has 0 bridgehead atoms. The molecule has 2 atom stereocenters. The molecule has 2 unspecified atom stereocenters. The molecule has 0 saturated heterocycles. The summed E-state index contributed by atoms with van der Waals surface area (Å²) in [4.78, 5) is 0.475. The topological polar surface area (TPSA) is 38.0 Å². The summed E-state index contributed by atoms with van der Waals surface area (Å²) in [6.07, 6.45) is 4.12. The van der Waals surface area contributed by atoms with Gasteiger partial charge in [0, 0.05) is 17.8 Å². The summed E-state index contributed by atoms with van der Waals surface area (Å²) in [6.45, 7) is 5.49. The maximum absolute atomic E-state index is 5.67. The molecule has 18 heavy (non-hydrogen) atoms. The standard InChI is InChI=1S/C15H22N2S/c1-10-4-3-5-12(10)9-17-13-6-7-14(15(16)18)11(2)8-13/h6-8,10,12,17H,3-5,9H2,1-2H3,(H2,16,18). The third-order valence-electron chi connectivity index (χ3n) is 4.10. The molecule has 2 nitrogen and oxygen atoms in total. The van der Waals surface area contributed by atoms with Crippen LogP contribution in [0.15, 0.2) is 18.2 Å². The van der Waals surface area contributed by atoms with Crippen molar-refractivity contribution in [3.63, 3.8) is 0 Å². The molecule has 3 heteroatoms. The van der Waals surface area contributed by atoms with E-state index in [-0.39, 0.29) is 0 Å². The summed E-state index contributed by atoms with van der Waals surface area (Å²) >= 11 is 5.02. The molecule has 1 fully saturated rings. The number of thiocarbonyl (C=S) groups is 1. The van der Waals surface area contributed by atoms with Gasteiger partial charge >= 0.3 is 0 Å². The van der Waals surface area contributed by atoms with E-state index in [1.54, 1.807) is 0 Å². The Hall–Kier alpha value is -1.09. The van der Waals surface area contributed by atoms with Gasteiger partial charge in [-0.2, -0.15) is 0 Å². The minimum atomic E-state index is 0.475. The highest BCUT2D eigenvalue weighted by atomic mass is 32.1. The predicted octanol–water partition coefficient (Wildman–Crippen LogP) is 3.48. The fourth-order valence-corrected chi connectivity index (χ4v) is 3.05. The predicted molar refractivity (Wildman–Crippen MR) is 82.1 cm³/mol. The second-order valence-electron chi connectivity index (χ2n) is 5.44. The van der Waals surface area contributed by atoms with Crippen LogP contribution in [0.5, 0.6) is 0 Å². The summed E-state index contributed by atoms with van der Waals surface area (Å²) < 4.78 is 0. The second-order valence-corrected chi connectivity index (χ2v) is 5.88. The summed E-state index contributed by atoms with van der Waals surface area (Å²) in [7, 11) is 0. The fraction of sp³-hybridized carbons (Fsp3) is 0.533. The lowest BCUT2D eigenvalue weighted by atomic mass is 9.98. The van der Waals surface area contributed by atoms with Crippen LogP contribution in [-0.2, 0) is 0 Å². The van der Waals surface area contributed by atoms with Gasteiger partial charge in [0.2, 0.25) is 0 Å². The number of rotatable bonds is 4. The molecule has 1 aromatic carbocycles. The third kappa shape index (κ3) is 3.02. The SMILES string of the molecule is Cc1cc(NCC2CCCC2C)ccc1C(N)=S. The Morgan fingerprint density at radius 1 is 1.44 bits per heavy atom. The van der Waals surface area contributed by atoms with Gasteiger partial charge in [-0.1, -0.05) is 32.0 Å². The molecule has 1 aromatic rings. The van der Waals surface area contributed by atoms with Crippen LogP contribution >= 0.6 is 12.2 Å². The second kappa shape index (κ2) is 5.70. The summed E-state index contributed by atoms with van der Waals surface area (Å²) in [5.74, 6) is 1.68. The summed E-state index contributed by atoms with van der Waals surface area (Å²) in [5, 5.41) is 3.54. The molecule has 1 aliphatic rings. The summed E-state index contributed by atoms with van der Waals surface area (Å²) in [5.41, 5.74) is 8.96. The summed E-state index contributed by atoms with van der Waals surface area (Å²) in [6, 6.07) is 6.22. The zero-order valence-electron chi connectivity index (χ0n) is 11.2. The van der Waals surface area contributed by atoms with E-state index in [2.05, 4.69) is 31.3 Å². The molecule has 0 aromatic heterocycles. The maximum Gasteiger partial charge on any atom is 0.104 e. The van der Waals surface area contributed by atoms with Crippen LogP contribution in [0.2, 0.25) is 0 Å². The smallest absolute Gasteiger partial charge is 0.104 e. The molecule has 1 saturated carbocycles. The Kier molecular flexibility index (Phi) is 4.23. The van der Waals surface area contributed by atoms with Gasteiger partial charge in [-0.05, 0) is 48.9 Å². The van der Waals surface area contributed by atoms with Crippen LogP contribution in [0.1, 0.15) is 37.3 Å². The van der Waals surface area contributed by atoms with Crippen molar-refractivity contribution in [3.05, 3.63) is 29.3 Å². The van der Waals surface area contributed by atoms with Crippen molar-refractivity contribution in [2.75, 3.05) is 11.9 Å². The van der Waals surface area contributed by atoms with Gasteiger partial charge in [0.1, 0.15) is 4.99 Å². The van der Waals surface area contributed by atoms with Gasteiger partial charge < -0.3 is 11.1 Å². The van der Waals surface area contributed by atoms with Crippen molar-refractivity contribution < 1.29 is 0 Å². The van der Waals surface area contributed by atoms with Crippen molar-refractivity contribution in [2.45, 2.75) is 33.1 Å². The number of benzene rings is 1. The Morgan fingerprint density at radius 3 is 2.78 bits per heavy atom. The van der Waals surface area contributed by atoms with Crippen molar-refractivity contribution in [3.8, 4) is 0 Å². The minimum absolute atomic E-state index is 0.475. The van der Waals surface area contributed by atoms with Crippen molar-refractivity contribution in [1.29, 1.82) is 0 Å². The average molecular weight is 262 g/mol. The van der Waals surface area contributed by atoms with E-state index in [4.69, 9.17) is 18.0 Å². The molecule has 1 aliphatic carbocycles. The van der Waals surface area contributed by atoms with Gasteiger partial charge in [-0.25, -0.2) is 0 Å². The number of anilines is 1. The first kappa shape index (κ1) is 13.3. The largest absolute Gasteiger partial charge is 0.389 e. The number of nitrogens with two attached hydrogens (primary N) is 1.